The lowest BCUT2D eigenvalue weighted by Gasteiger charge is -2.13. The monoisotopic (exact) mass is 240 g/mol. The quantitative estimate of drug-likeness (QED) is 0.715. The standard InChI is InChI=1S/C7H7F3O4Si/c8-12-15(13-9,14-10)11-6-7-4-2-1-3-5-7/h1-5H,6H2. The lowest BCUT2D eigenvalue weighted by Crippen LogP contribution is -2.42. The third-order valence-corrected chi connectivity index (χ3v) is 2.61. The maximum absolute atomic E-state index is 11.7. The van der Waals surface area contributed by atoms with E-state index in [1.807, 2.05) is 0 Å². The molecule has 0 saturated heterocycles. The van der Waals surface area contributed by atoms with Gasteiger partial charge in [-0.15, -0.1) is 13.9 Å². The van der Waals surface area contributed by atoms with Crippen molar-refractivity contribution in [2.75, 3.05) is 0 Å². The van der Waals surface area contributed by atoms with E-state index in [0.717, 1.165) is 0 Å². The molecule has 1 aromatic carbocycles. The Bertz CT molecular complexity index is 275. The lowest BCUT2D eigenvalue weighted by atomic mass is 10.2. The number of hydrogen-bond donors (Lipinski definition) is 0. The average molecular weight is 240 g/mol. The summed E-state index contributed by atoms with van der Waals surface area (Å²) in [7, 11) is -4.90. The van der Waals surface area contributed by atoms with Gasteiger partial charge in [-0.2, -0.15) is 0 Å². The molecule has 0 radical (unpaired) electrons. The average Bonchev–Trinajstić information content (AvgIpc) is 2.33. The zero-order valence-corrected chi connectivity index (χ0v) is 8.36. The van der Waals surface area contributed by atoms with E-state index >= 15 is 0 Å². The molecule has 0 atom stereocenters. The second kappa shape index (κ2) is 5.83. The Kier molecular flexibility index (Phi) is 4.72. The summed E-state index contributed by atoms with van der Waals surface area (Å²) in [5, 5.41) is 0. The van der Waals surface area contributed by atoms with Crippen molar-refractivity contribution in [2.24, 2.45) is 0 Å². The van der Waals surface area contributed by atoms with Gasteiger partial charge in [0.1, 0.15) is 0 Å². The zero-order valence-electron chi connectivity index (χ0n) is 7.36. The molecular formula is C7H7F3O4Si. The van der Waals surface area contributed by atoms with Crippen LogP contribution in [0.1, 0.15) is 5.56 Å². The van der Waals surface area contributed by atoms with Crippen molar-refractivity contribution in [3.8, 4) is 0 Å². The summed E-state index contributed by atoms with van der Waals surface area (Å²) >= 11 is 0. The molecule has 0 amide bonds. The van der Waals surface area contributed by atoms with Gasteiger partial charge in [-0.05, 0) is 5.56 Å². The molecule has 0 aliphatic rings. The highest BCUT2D eigenvalue weighted by Crippen LogP contribution is 2.15. The highest BCUT2D eigenvalue weighted by molar-refractivity contribution is 6.52. The highest BCUT2D eigenvalue weighted by atomic mass is 28.4. The molecule has 0 heterocycles. The number of rotatable bonds is 6. The smallest absolute Gasteiger partial charge is 0.342 e. The van der Waals surface area contributed by atoms with Gasteiger partial charge >= 0.3 is 9.05 Å². The molecule has 0 N–H and O–H groups in total. The normalized spacial score (nSPS) is 11.7. The summed E-state index contributed by atoms with van der Waals surface area (Å²) in [6.07, 6.45) is 0. The van der Waals surface area contributed by atoms with E-state index in [-0.39, 0.29) is 6.61 Å². The maximum atomic E-state index is 11.7. The number of halogens is 3. The van der Waals surface area contributed by atoms with Crippen LogP contribution in [0.4, 0.5) is 13.6 Å². The second-order valence-corrected chi connectivity index (χ2v) is 4.26. The predicted molar refractivity (Wildman–Crippen MR) is 43.6 cm³/mol. The van der Waals surface area contributed by atoms with Crippen molar-refractivity contribution in [1.29, 1.82) is 0 Å². The molecule has 1 aromatic rings. The largest absolute Gasteiger partial charge is 0.776 e. The fourth-order valence-corrected chi connectivity index (χ4v) is 1.40. The molecule has 1 rings (SSSR count). The van der Waals surface area contributed by atoms with Crippen LogP contribution in [0.3, 0.4) is 0 Å². The summed E-state index contributed by atoms with van der Waals surface area (Å²) in [6.45, 7) is -0.301. The third-order valence-electron chi connectivity index (χ3n) is 1.54. The summed E-state index contributed by atoms with van der Waals surface area (Å²) < 4.78 is 48.2. The minimum Gasteiger partial charge on any atom is -0.342 e. The van der Waals surface area contributed by atoms with Crippen molar-refractivity contribution in [1.82, 2.24) is 0 Å². The molecule has 84 valence electrons. The van der Waals surface area contributed by atoms with Crippen molar-refractivity contribution >= 4 is 9.05 Å². The maximum Gasteiger partial charge on any atom is 0.776 e. The van der Waals surface area contributed by atoms with Crippen LogP contribution in [-0.2, 0) is 24.9 Å². The van der Waals surface area contributed by atoms with E-state index in [4.69, 9.17) is 0 Å². The fraction of sp³-hybridized carbons (Fsp3) is 0.143. The lowest BCUT2D eigenvalue weighted by molar-refractivity contribution is -0.255. The SMILES string of the molecule is FO[Si](OF)(OF)OCc1ccccc1. The van der Waals surface area contributed by atoms with Gasteiger partial charge in [0.05, 0.1) is 6.61 Å². The van der Waals surface area contributed by atoms with Crippen LogP contribution in [0.25, 0.3) is 0 Å². The topological polar surface area (TPSA) is 36.9 Å². The zero-order chi connectivity index (χ0) is 11.1. The molecule has 0 fully saturated rings. The Hall–Kier alpha value is -0.933. The van der Waals surface area contributed by atoms with E-state index in [0.29, 0.717) is 5.56 Å². The highest BCUT2D eigenvalue weighted by Gasteiger charge is 2.52. The Balaban J connectivity index is 2.54. The van der Waals surface area contributed by atoms with Gasteiger partial charge in [-0.1, -0.05) is 43.9 Å². The second-order valence-electron chi connectivity index (χ2n) is 2.51. The van der Waals surface area contributed by atoms with Crippen LogP contribution < -0.4 is 0 Å². The summed E-state index contributed by atoms with van der Waals surface area (Å²) in [5.74, 6) is 0. The summed E-state index contributed by atoms with van der Waals surface area (Å²) in [4.78, 5) is 0. The summed E-state index contributed by atoms with van der Waals surface area (Å²) in [5.41, 5.74) is 0.556. The molecule has 4 nitrogen and oxygen atoms in total. The van der Waals surface area contributed by atoms with E-state index in [9.17, 15) is 13.6 Å². The molecule has 0 saturated carbocycles. The fourth-order valence-electron chi connectivity index (χ4n) is 0.848. The van der Waals surface area contributed by atoms with E-state index in [1.54, 1.807) is 30.3 Å². The molecule has 15 heavy (non-hydrogen) atoms. The van der Waals surface area contributed by atoms with Crippen LogP contribution in [0, 0.1) is 0 Å². The Morgan fingerprint density at radius 3 is 1.93 bits per heavy atom. The van der Waals surface area contributed by atoms with Gasteiger partial charge in [-0.3, -0.25) is 0 Å². The van der Waals surface area contributed by atoms with Gasteiger partial charge in [0.25, 0.3) is 0 Å². The molecule has 0 spiro atoms. The van der Waals surface area contributed by atoms with Crippen LogP contribution >= 0.6 is 0 Å². The van der Waals surface area contributed by atoms with Gasteiger partial charge in [0, 0.05) is 0 Å². The van der Waals surface area contributed by atoms with Crippen LogP contribution in [-0.4, -0.2) is 9.05 Å². The Labute approximate surface area is 84.3 Å². The van der Waals surface area contributed by atoms with Crippen molar-refractivity contribution in [2.45, 2.75) is 6.61 Å². The molecule has 0 aliphatic carbocycles. The first-order valence-electron chi connectivity index (χ1n) is 3.83. The number of hydrogen-bond acceptors (Lipinski definition) is 4. The predicted octanol–water partition coefficient (Wildman–Crippen LogP) is 2.34. The molecular weight excluding hydrogens is 233 g/mol. The van der Waals surface area contributed by atoms with Gasteiger partial charge < -0.3 is 4.43 Å². The van der Waals surface area contributed by atoms with Gasteiger partial charge in [-0.25, -0.2) is 0 Å². The minimum atomic E-state index is -4.90. The first kappa shape index (κ1) is 12.1. The molecule has 0 aliphatic heterocycles. The van der Waals surface area contributed by atoms with Crippen molar-refractivity contribution in [3.05, 3.63) is 35.9 Å². The molecule has 0 bridgehead atoms. The van der Waals surface area contributed by atoms with Crippen LogP contribution in [0.2, 0.25) is 0 Å². The van der Waals surface area contributed by atoms with E-state index in [2.05, 4.69) is 18.3 Å². The van der Waals surface area contributed by atoms with Gasteiger partial charge in [0.2, 0.25) is 0 Å². The first-order chi connectivity index (χ1) is 7.26. The van der Waals surface area contributed by atoms with Crippen molar-refractivity contribution in [3.63, 3.8) is 0 Å². The Morgan fingerprint density at radius 1 is 0.933 bits per heavy atom. The van der Waals surface area contributed by atoms with Crippen molar-refractivity contribution < 1.29 is 31.9 Å². The van der Waals surface area contributed by atoms with E-state index in [1.165, 1.54) is 0 Å². The Morgan fingerprint density at radius 2 is 1.47 bits per heavy atom. The number of benzene rings is 1. The molecule has 0 unspecified atom stereocenters. The first-order valence-corrected chi connectivity index (χ1v) is 5.47. The van der Waals surface area contributed by atoms with Crippen LogP contribution in [0.5, 0.6) is 0 Å². The molecule has 8 heteroatoms. The van der Waals surface area contributed by atoms with Gasteiger partial charge in [0.15, 0.2) is 0 Å². The summed E-state index contributed by atoms with van der Waals surface area (Å²) in [6, 6.07) is 8.29. The van der Waals surface area contributed by atoms with E-state index < -0.39 is 9.05 Å². The minimum absolute atomic E-state index is 0.301. The third kappa shape index (κ3) is 3.29. The van der Waals surface area contributed by atoms with Crippen LogP contribution in [0.15, 0.2) is 30.3 Å². The molecule has 0 aromatic heterocycles.